The Bertz CT molecular complexity index is 1230. The van der Waals surface area contributed by atoms with Gasteiger partial charge in [-0.05, 0) is 25.8 Å². The van der Waals surface area contributed by atoms with Crippen molar-refractivity contribution in [2.75, 3.05) is 32.7 Å². The zero-order valence-corrected chi connectivity index (χ0v) is 21.2. The van der Waals surface area contributed by atoms with Gasteiger partial charge in [-0.1, -0.05) is 18.2 Å². The van der Waals surface area contributed by atoms with Gasteiger partial charge in [-0.2, -0.15) is 4.31 Å². The lowest BCUT2D eigenvalue weighted by Crippen LogP contribution is -2.63. The standard InChI is InChI=1S/C24H31F2N5O4S/c1-18(32)19-5-3-4-6-20(19)22(33)27-16-23(7-9-24(25,26)10-8-23)30-11-13-31(14-12-30)36(34,35)21-15-29(2)17-28-21/h3-6,15,17H,7-14,16H2,1-2H3,(H,27,33). The van der Waals surface area contributed by atoms with Gasteiger partial charge in [0.05, 0.1) is 11.9 Å². The molecule has 9 nitrogen and oxygen atoms in total. The molecule has 2 fully saturated rings. The molecule has 1 aliphatic heterocycles. The van der Waals surface area contributed by atoms with Gasteiger partial charge in [-0.3, -0.25) is 14.5 Å². The second-order valence-electron chi connectivity index (χ2n) is 9.63. The fraction of sp³-hybridized carbons (Fsp3) is 0.542. The van der Waals surface area contributed by atoms with Crippen molar-refractivity contribution in [2.24, 2.45) is 7.05 Å². The third-order valence-corrected chi connectivity index (χ3v) is 9.02. The van der Waals surface area contributed by atoms with Crippen LogP contribution in [-0.2, 0) is 17.1 Å². The first-order valence-electron chi connectivity index (χ1n) is 11.9. The minimum atomic E-state index is -3.76. The van der Waals surface area contributed by atoms with Crippen LogP contribution >= 0.6 is 0 Å². The largest absolute Gasteiger partial charge is 0.350 e. The Morgan fingerprint density at radius 3 is 2.19 bits per heavy atom. The van der Waals surface area contributed by atoms with E-state index in [0.29, 0.717) is 18.7 Å². The van der Waals surface area contributed by atoms with Gasteiger partial charge < -0.3 is 9.88 Å². The first-order valence-corrected chi connectivity index (χ1v) is 13.4. The zero-order chi connectivity index (χ0) is 26.1. The lowest BCUT2D eigenvalue weighted by atomic mass is 9.78. The van der Waals surface area contributed by atoms with E-state index in [4.69, 9.17) is 0 Å². The Morgan fingerprint density at radius 2 is 1.64 bits per heavy atom. The summed E-state index contributed by atoms with van der Waals surface area (Å²) in [5, 5.41) is 2.85. The Kier molecular flexibility index (Phi) is 7.31. The molecule has 1 aliphatic carbocycles. The predicted octanol–water partition coefficient (Wildman–Crippen LogP) is 2.31. The smallest absolute Gasteiger partial charge is 0.262 e. The van der Waals surface area contributed by atoms with Gasteiger partial charge in [-0.15, -0.1) is 0 Å². The molecule has 0 unspecified atom stereocenters. The summed E-state index contributed by atoms with van der Waals surface area (Å²) < 4.78 is 57.0. The lowest BCUT2D eigenvalue weighted by Gasteiger charge is -2.50. The SMILES string of the molecule is CC(=O)c1ccccc1C(=O)NCC1(N2CCN(S(=O)(=O)c3cn(C)cn3)CC2)CCC(F)(F)CC1. The first-order chi connectivity index (χ1) is 16.9. The van der Waals surface area contributed by atoms with Gasteiger partial charge in [0.15, 0.2) is 10.8 Å². The highest BCUT2D eigenvalue weighted by Gasteiger charge is 2.48. The van der Waals surface area contributed by atoms with Gasteiger partial charge in [0.25, 0.3) is 15.9 Å². The summed E-state index contributed by atoms with van der Waals surface area (Å²) in [5.41, 5.74) is -0.191. The molecule has 2 aliphatic rings. The number of nitrogens with zero attached hydrogens (tertiary/aromatic N) is 4. The summed E-state index contributed by atoms with van der Waals surface area (Å²) >= 11 is 0. The highest BCUT2D eigenvalue weighted by Crippen LogP contribution is 2.42. The minimum absolute atomic E-state index is 0.0260. The number of Topliss-reactive ketones (excluding diaryl/α,β-unsaturated/α-hetero) is 1. The maximum Gasteiger partial charge on any atom is 0.262 e. The normalized spacial score (nSPS) is 20.7. The monoisotopic (exact) mass is 523 g/mol. The van der Waals surface area contributed by atoms with E-state index in [2.05, 4.69) is 10.3 Å². The molecule has 1 aromatic carbocycles. The lowest BCUT2D eigenvalue weighted by molar-refractivity contribution is -0.0856. The average Bonchev–Trinajstić information content (AvgIpc) is 3.31. The van der Waals surface area contributed by atoms with E-state index in [9.17, 15) is 26.8 Å². The second-order valence-corrected chi connectivity index (χ2v) is 11.5. The number of imidazole rings is 1. The Balaban J connectivity index is 1.49. The molecule has 1 aromatic heterocycles. The van der Waals surface area contributed by atoms with E-state index < -0.39 is 27.4 Å². The van der Waals surface area contributed by atoms with Crippen LogP contribution < -0.4 is 5.32 Å². The molecule has 1 saturated carbocycles. The summed E-state index contributed by atoms with van der Waals surface area (Å²) in [5.74, 6) is -3.44. The maximum atomic E-state index is 14.1. The van der Waals surface area contributed by atoms with Crippen molar-refractivity contribution in [3.63, 3.8) is 0 Å². The van der Waals surface area contributed by atoms with Crippen LogP contribution in [0.5, 0.6) is 0 Å². The summed E-state index contributed by atoms with van der Waals surface area (Å²) in [6.45, 7) is 2.59. The number of benzene rings is 1. The van der Waals surface area contributed by atoms with Crippen LogP contribution in [0.4, 0.5) is 8.78 Å². The van der Waals surface area contributed by atoms with Gasteiger partial charge in [0.2, 0.25) is 5.92 Å². The number of rotatable bonds is 7. The number of aromatic nitrogens is 2. The van der Waals surface area contributed by atoms with E-state index in [1.54, 1.807) is 35.9 Å². The highest BCUT2D eigenvalue weighted by molar-refractivity contribution is 7.89. The summed E-state index contributed by atoms with van der Waals surface area (Å²) in [7, 11) is -2.07. The molecule has 1 N–H and O–H groups in total. The highest BCUT2D eigenvalue weighted by atomic mass is 32.2. The molecule has 1 saturated heterocycles. The molecule has 0 spiro atoms. The molecule has 0 bridgehead atoms. The molecular weight excluding hydrogens is 492 g/mol. The van der Waals surface area contributed by atoms with Crippen LogP contribution in [0.25, 0.3) is 0 Å². The van der Waals surface area contributed by atoms with E-state index in [1.165, 1.54) is 23.8 Å². The topological polar surface area (TPSA) is 105 Å². The number of carbonyl (C=O) groups is 2. The van der Waals surface area contributed by atoms with Crippen LogP contribution in [-0.4, -0.2) is 83.0 Å². The number of carbonyl (C=O) groups excluding carboxylic acids is 2. The van der Waals surface area contributed by atoms with E-state index >= 15 is 0 Å². The van der Waals surface area contributed by atoms with Crippen molar-refractivity contribution in [2.45, 2.75) is 49.1 Å². The maximum absolute atomic E-state index is 14.1. The van der Waals surface area contributed by atoms with Crippen molar-refractivity contribution >= 4 is 21.7 Å². The van der Waals surface area contributed by atoms with Crippen LogP contribution in [0.2, 0.25) is 0 Å². The quantitative estimate of drug-likeness (QED) is 0.559. The van der Waals surface area contributed by atoms with Gasteiger partial charge in [0.1, 0.15) is 0 Å². The van der Waals surface area contributed by atoms with Crippen molar-refractivity contribution in [1.29, 1.82) is 0 Å². The Hall–Kier alpha value is -2.70. The molecule has 2 heterocycles. The van der Waals surface area contributed by atoms with Gasteiger partial charge >= 0.3 is 0 Å². The number of aryl methyl sites for hydroxylation is 1. The Labute approximate surface area is 209 Å². The number of hydrogen-bond donors (Lipinski definition) is 1. The molecule has 196 valence electrons. The van der Waals surface area contributed by atoms with Gasteiger partial charge in [-0.25, -0.2) is 22.2 Å². The Morgan fingerprint density at radius 1 is 1.03 bits per heavy atom. The first kappa shape index (κ1) is 26.4. The van der Waals surface area contributed by atoms with Crippen molar-refractivity contribution in [1.82, 2.24) is 24.1 Å². The fourth-order valence-electron chi connectivity index (χ4n) is 5.07. The second kappa shape index (κ2) is 9.98. The number of nitrogens with one attached hydrogen (secondary N) is 1. The molecule has 4 rings (SSSR count). The third-order valence-electron chi connectivity index (χ3n) is 7.24. The predicted molar refractivity (Wildman–Crippen MR) is 128 cm³/mol. The molecule has 36 heavy (non-hydrogen) atoms. The zero-order valence-electron chi connectivity index (χ0n) is 20.4. The summed E-state index contributed by atoms with van der Waals surface area (Å²) in [6.07, 6.45) is 2.59. The minimum Gasteiger partial charge on any atom is -0.350 e. The van der Waals surface area contributed by atoms with Crippen LogP contribution in [0.15, 0.2) is 41.8 Å². The molecule has 1 amide bonds. The van der Waals surface area contributed by atoms with E-state index in [0.717, 1.165) is 0 Å². The van der Waals surface area contributed by atoms with Gasteiger partial charge in [0, 0.05) is 69.9 Å². The number of piperazine rings is 1. The molecule has 0 radical (unpaired) electrons. The number of hydrogen-bond acceptors (Lipinski definition) is 6. The van der Waals surface area contributed by atoms with Crippen molar-refractivity contribution in [3.8, 4) is 0 Å². The molecule has 2 aromatic rings. The van der Waals surface area contributed by atoms with E-state index in [-0.39, 0.29) is 61.7 Å². The summed E-state index contributed by atoms with van der Waals surface area (Å²) in [6, 6.07) is 6.49. The number of alkyl halides is 2. The molecule has 12 heteroatoms. The molecular formula is C24H31F2N5O4S. The number of halogens is 2. The molecule has 0 atom stereocenters. The van der Waals surface area contributed by atoms with Crippen LogP contribution in [0.3, 0.4) is 0 Å². The van der Waals surface area contributed by atoms with Crippen molar-refractivity contribution in [3.05, 3.63) is 47.9 Å². The van der Waals surface area contributed by atoms with Crippen LogP contribution in [0.1, 0.15) is 53.3 Å². The summed E-state index contributed by atoms with van der Waals surface area (Å²) in [4.78, 5) is 30.9. The number of amides is 1. The average molecular weight is 524 g/mol. The van der Waals surface area contributed by atoms with Crippen molar-refractivity contribution < 1.29 is 26.8 Å². The third kappa shape index (κ3) is 5.35. The number of sulfonamides is 1. The van der Waals surface area contributed by atoms with E-state index in [1.807, 2.05) is 4.90 Å². The van der Waals surface area contributed by atoms with Crippen LogP contribution in [0, 0.1) is 0 Å². The fourth-order valence-corrected chi connectivity index (χ4v) is 6.46. The number of ketones is 1.